The van der Waals surface area contributed by atoms with Crippen molar-refractivity contribution in [3.8, 4) is 5.69 Å². The normalized spacial score (nSPS) is 20.1. The molecule has 0 bridgehead atoms. The fourth-order valence-corrected chi connectivity index (χ4v) is 4.93. The molecule has 30 heavy (non-hydrogen) atoms. The van der Waals surface area contributed by atoms with Crippen LogP contribution in [0.3, 0.4) is 0 Å². The first-order valence-electron chi connectivity index (χ1n) is 9.70. The predicted molar refractivity (Wildman–Crippen MR) is 109 cm³/mol. The molecular weight excluding hydrogens is 413 g/mol. The summed E-state index contributed by atoms with van der Waals surface area (Å²) >= 11 is 1.46. The largest absolute Gasteiger partial charge is 0.391 e. The van der Waals surface area contributed by atoms with Crippen LogP contribution in [0, 0.1) is 5.92 Å². The molecule has 9 heteroatoms. The highest BCUT2D eigenvalue weighted by Gasteiger charge is 2.42. The third kappa shape index (κ3) is 3.27. The molecule has 0 amide bonds. The Hall–Kier alpha value is -2.81. The van der Waals surface area contributed by atoms with E-state index < -0.39 is 12.1 Å². The molecule has 1 fully saturated rings. The SMILES string of the molecule is O=c1c2ncccc2nc([C@H]2CC[C@H](C(F)(F)F)CC2)n1-c1ccc2ncsc2c1. The van der Waals surface area contributed by atoms with Crippen LogP contribution in [0.15, 0.2) is 46.8 Å². The molecule has 0 spiro atoms. The Balaban J connectivity index is 1.65. The molecule has 0 atom stereocenters. The number of rotatable bonds is 2. The van der Waals surface area contributed by atoms with E-state index in [9.17, 15) is 18.0 Å². The van der Waals surface area contributed by atoms with Crippen LogP contribution in [0.1, 0.15) is 37.4 Å². The van der Waals surface area contributed by atoms with Crippen LogP contribution < -0.4 is 5.56 Å². The summed E-state index contributed by atoms with van der Waals surface area (Å²) in [5.74, 6) is -1.01. The minimum Gasteiger partial charge on any atom is -0.266 e. The lowest BCUT2D eigenvalue weighted by Crippen LogP contribution is -2.31. The smallest absolute Gasteiger partial charge is 0.266 e. The Kier molecular flexibility index (Phi) is 4.57. The lowest BCUT2D eigenvalue weighted by Gasteiger charge is -2.30. The number of nitrogens with zero attached hydrogens (tertiary/aromatic N) is 4. The Labute approximate surface area is 173 Å². The molecule has 4 aromatic rings. The second-order valence-electron chi connectivity index (χ2n) is 7.58. The molecule has 3 aromatic heterocycles. The minimum atomic E-state index is -4.18. The number of pyridine rings is 1. The number of halogens is 3. The van der Waals surface area contributed by atoms with Crippen molar-refractivity contribution in [2.45, 2.75) is 37.8 Å². The van der Waals surface area contributed by atoms with E-state index in [-0.39, 0.29) is 29.8 Å². The van der Waals surface area contributed by atoms with Crippen molar-refractivity contribution in [3.05, 3.63) is 58.2 Å². The number of hydrogen-bond acceptors (Lipinski definition) is 5. The van der Waals surface area contributed by atoms with E-state index in [2.05, 4.69) is 9.97 Å². The lowest BCUT2D eigenvalue weighted by atomic mass is 9.81. The Morgan fingerprint density at radius 3 is 2.60 bits per heavy atom. The number of benzene rings is 1. The van der Waals surface area contributed by atoms with Gasteiger partial charge in [-0.15, -0.1) is 11.3 Å². The van der Waals surface area contributed by atoms with E-state index in [4.69, 9.17) is 4.98 Å². The van der Waals surface area contributed by atoms with Gasteiger partial charge in [-0.05, 0) is 56.0 Å². The van der Waals surface area contributed by atoms with Crippen LogP contribution in [0.5, 0.6) is 0 Å². The van der Waals surface area contributed by atoms with E-state index in [1.54, 1.807) is 23.7 Å². The van der Waals surface area contributed by atoms with Gasteiger partial charge in [-0.25, -0.2) is 15.0 Å². The van der Waals surface area contributed by atoms with Gasteiger partial charge in [0.2, 0.25) is 0 Å². The number of aromatic nitrogens is 4. The van der Waals surface area contributed by atoms with Crippen molar-refractivity contribution in [3.63, 3.8) is 0 Å². The highest BCUT2D eigenvalue weighted by Crippen LogP contribution is 2.42. The highest BCUT2D eigenvalue weighted by atomic mass is 32.1. The fraction of sp³-hybridized carbons (Fsp3) is 0.333. The Morgan fingerprint density at radius 2 is 1.83 bits per heavy atom. The molecule has 154 valence electrons. The lowest BCUT2D eigenvalue weighted by molar-refractivity contribution is -0.182. The zero-order chi connectivity index (χ0) is 20.9. The summed E-state index contributed by atoms with van der Waals surface area (Å²) in [6.07, 6.45) is -1.87. The summed E-state index contributed by atoms with van der Waals surface area (Å²) in [6, 6.07) is 8.92. The van der Waals surface area contributed by atoms with E-state index >= 15 is 0 Å². The van der Waals surface area contributed by atoms with Crippen molar-refractivity contribution in [1.82, 2.24) is 19.5 Å². The first-order chi connectivity index (χ1) is 14.4. The average molecular weight is 430 g/mol. The molecule has 0 aliphatic heterocycles. The molecular formula is C21H17F3N4OS. The average Bonchev–Trinajstić information content (AvgIpc) is 3.21. The molecule has 0 N–H and O–H groups in total. The fourth-order valence-electron chi connectivity index (χ4n) is 4.22. The maximum atomic E-state index is 13.4. The van der Waals surface area contributed by atoms with Gasteiger partial charge in [-0.2, -0.15) is 13.2 Å². The van der Waals surface area contributed by atoms with E-state index in [0.717, 1.165) is 10.2 Å². The van der Waals surface area contributed by atoms with E-state index in [1.807, 2.05) is 12.1 Å². The summed E-state index contributed by atoms with van der Waals surface area (Å²) in [5.41, 5.74) is 3.59. The van der Waals surface area contributed by atoms with E-state index in [1.165, 1.54) is 22.1 Å². The Morgan fingerprint density at radius 1 is 1.03 bits per heavy atom. The summed E-state index contributed by atoms with van der Waals surface area (Å²) in [7, 11) is 0. The van der Waals surface area contributed by atoms with Crippen LogP contribution in [0.4, 0.5) is 13.2 Å². The van der Waals surface area contributed by atoms with Crippen LogP contribution >= 0.6 is 11.3 Å². The number of thiazole rings is 1. The number of fused-ring (bicyclic) bond motifs is 2. The maximum absolute atomic E-state index is 13.4. The van der Waals surface area contributed by atoms with Crippen molar-refractivity contribution < 1.29 is 13.2 Å². The van der Waals surface area contributed by atoms with Gasteiger partial charge in [0, 0.05) is 12.1 Å². The van der Waals surface area contributed by atoms with Gasteiger partial charge in [-0.3, -0.25) is 9.36 Å². The van der Waals surface area contributed by atoms with Crippen LogP contribution in [-0.4, -0.2) is 25.7 Å². The summed E-state index contributed by atoms with van der Waals surface area (Å²) < 4.78 is 41.8. The topological polar surface area (TPSA) is 60.7 Å². The molecule has 0 unspecified atom stereocenters. The predicted octanol–water partition coefficient (Wildman–Crippen LogP) is 5.23. The van der Waals surface area contributed by atoms with Crippen molar-refractivity contribution >= 4 is 32.6 Å². The van der Waals surface area contributed by atoms with Gasteiger partial charge >= 0.3 is 6.18 Å². The summed E-state index contributed by atoms with van der Waals surface area (Å²) in [5, 5.41) is 0. The van der Waals surface area contributed by atoms with Crippen molar-refractivity contribution in [2.24, 2.45) is 5.92 Å². The highest BCUT2D eigenvalue weighted by molar-refractivity contribution is 7.16. The monoisotopic (exact) mass is 430 g/mol. The molecule has 5 nitrogen and oxygen atoms in total. The standard InChI is InChI=1S/C21H17F3N4OS/c22-21(23,24)13-5-3-12(4-6-13)19-27-16-2-1-9-25-18(16)20(29)28(19)14-7-8-15-17(10-14)30-11-26-15/h1-2,7-13H,3-6H2/t12-,13-. The van der Waals surface area contributed by atoms with Crippen LogP contribution in [0.25, 0.3) is 26.9 Å². The van der Waals surface area contributed by atoms with Crippen molar-refractivity contribution in [1.29, 1.82) is 0 Å². The maximum Gasteiger partial charge on any atom is 0.391 e. The Bertz CT molecular complexity index is 1290. The molecule has 0 saturated heterocycles. The van der Waals surface area contributed by atoms with Gasteiger partial charge in [0.15, 0.2) is 5.52 Å². The quantitative estimate of drug-likeness (QED) is 0.437. The third-order valence-electron chi connectivity index (χ3n) is 5.78. The number of alkyl halides is 3. The zero-order valence-electron chi connectivity index (χ0n) is 15.8. The molecule has 3 heterocycles. The van der Waals surface area contributed by atoms with Gasteiger partial charge in [0.05, 0.1) is 32.8 Å². The van der Waals surface area contributed by atoms with Gasteiger partial charge in [0.1, 0.15) is 5.82 Å². The first kappa shape index (κ1) is 19.2. The van der Waals surface area contributed by atoms with Crippen LogP contribution in [0.2, 0.25) is 0 Å². The zero-order valence-corrected chi connectivity index (χ0v) is 16.6. The van der Waals surface area contributed by atoms with E-state index in [0.29, 0.717) is 29.9 Å². The summed E-state index contributed by atoms with van der Waals surface area (Å²) in [6.45, 7) is 0. The first-order valence-corrected chi connectivity index (χ1v) is 10.6. The second-order valence-corrected chi connectivity index (χ2v) is 8.46. The molecule has 1 saturated carbocycles. The van der Waals surface area contributed by atoms with Crippen LogP contribution in [-0.2, 0) is 0 Å². The molecule has 1 aromatic carbocycles. The van der Waals surface area contributed by atoms with Gasteiger partial charge in [0.25, 0.3) is 5.56 Å². The van der Waals surface area contributed by atoms with Gasteiger partial charge < -0.3 is 0 Å². The molecule has 1 aliphatic rings. The number of hydrogen-bond donors (Lipinski definition) is 0. The molecule has 0 radical (unpaired) electrons. The second kappa shape index (κ2) is 7.16. The third-order valence-corrected chi connectivity index (χ3v) is 6.58. The molecule has 1 aliphatic carbocycles. The molecule has 5 rings (SSSR count). The summed E-state index contributed by atoms with van der Waals surface area (Å²) in [4.78, 5) is 26.5. The minimum absolute atomic E-state index is 0.0446. The van der Waals surface area contributed by atoms with Gasteiger partial charge in [-0.1, -0.05) is 0 Å². The van der Waals surface area contributed by atoms with Crippen molar-refractivity contribution in [2.75, 3.05) is 0 Å².